The van der Waals surface area contributed by atoms with E-state index in [4.69, 9.17) is 4.74 Å². The summed E-state index contributed by atoms with van der Waals surface area (Å²) in [6, 6.07) is 13.6. The molecule has 1 unspecified atom stereocenters. The highest BCUT2D eigenvalue weighted by molar-refractivity contribution is 6.21. The quantitative estimate of drug-likeness (QED) is 0.585. The fourth-order valence-electron chi connectivity index (χ4n) is 3.84. The summed E-state index contributed by atoms with van der Waals surface area (Å²) in [5.41, 5.74) is 2.73. The van der Waals surface area contributed by atoms with Crippen LogP contribution in [0, 0.1) is 0 Å². The zero-order valence-electron chi connectivity index (χ0n) is 16.0. The number of benzene rings is 2. The van der Waals surface area contributed by atoms with Gasteiger partial charge in [-0.05, 0) is 23.3 Å². The first kappa shape index (κ1) is 18.9. The molecule has 1 atom stereocenters. The van der Waals surface area contributed by atoms with Crippen LogP contribution in [0.4, 0.5) is 0 Å². The molecule has 0 aromatic heterocycles. The van der Waals surface area contributed by atoms with E-state index in [1.54, 1.807) is 24.3 Å². The summed E-state index contributed by atoms with van der Waals surface area (Å²) in [7, 11) is 0. The molecular weight excluding hydrogens is 372 g/mol. The third-order valence-electron chi connectivity index (χ3n) is 5.36. The van der Waals surface area contributed by atoms with Crippen molar-refractivity contribution in [1.29, 1.82) is 0 Å². The van der Waals surface area contributed by atoms with E-state index in [9.17, 15) is 19.2 Å². The van der Waals surface area contributed by atoms with Crippen molar-refractivity contribution in [3.8, 4) is 0 Å². The molecule has 0 aliphatic carbocycles. The number of rotatable bonds is 4. The minimum atomic E-state index is -0.718. The second-order valence-corrected chi connectivity index (χ2v) is 7.11. The maximum absolute atomic E-state index is 12.7. The Balaban J connectivity index is 1.40. The van der Waals surface area contributed by atoms with Crippen LogP contribution in [-0.4, -0.2) is 52.7 Å². The van der Waals surface area contributed by atoms with Gasteiger partial charge >= 0.3 is 5.97 Å². The highest BCUT2D eigenvalue weighted by atomic mass is 16.5. The molecule has 4 rings (SSSR count). The molecule has 0 spiro atoms. The van der Waals surface area contributed by atoms with Crippen molar-refractivity contribution in [2.75, 3.05) is 13.2 Å². The number of nitrogens with zero attached hydrogens (tertiary/aromatic N) is 2. The standard InChI is InChI=1S/C22H20N2O5/c1-14(25)24-13-16-7-3-2-6-15(16)12-19(24)22(28)29-11-10-23-20(26)17-8-4-5-9-18(17)21(23)27/h2-9,19H,10-13H2,1H3. The van der Waals surface area contributed by atoms with Gasteiger partial charge in [-0.3, -0.25) is 19.3 Å². The van der Waals surface area contributed by atoms with Crippen molar-refractivity contribution in [3.63, 3.8) is 0 Å². The van der Waals surface area contributed by atoms with Gasteiger partial charge in [0, 0.05) is 19.9 Å². The predicted octanol–water partition coefficient (Wildman–Crippen LogP) is 1.80. The van der Waals surface area contributed by atoms with Crippen LogP contribution in [-0.2, 0) is 27.3 Å². The van der Waals surface area contributed by atoms with Gasteiger partial charge < -0.3 is 9.64 Å². The average Bonchev–Trinajstić information content (AvgIpc) is 2.97. The molecule has 0 saturated carbocycles. The Morgan fingerprint density at radius 1 is 0.966 bits per heavy atom. The third-order valence-corrected chi connectivity index (χ3v) is 5.36. The van der Waals surface area contributed by atoms with E-state index in [2.05, 4.69) is 0 Å². The van der Waals surface area contributed by atoms with Gasteiger partial charge in [0.05, 0.1) is 17.7 Å². The fraction of sp³-hybridized carbons (Fsp3) is 0.273. The van der Waals surface area contributed by atoms with Crippen molar-refractivity contribution in [1.82, 2.24) is 9.80 Å². The summed E-state index contributed by atoms with van der Waals surface area (Å²) in [5, 5.41) is 0. The molecule has 7 heteroatoms. The molecule has 0 N–H and O–H groups in total. The first-order valence-electron chi connectivity index (χ1n) is 9.43. The van der Waals surface area contributed by atoms with Crippen molar-refractivity contribution in [2.24, 2.45) is 0 Å². The second kappa shape index (κ2) is 7.50. The number of carbonyl (C=O) groups excluding carboxylic acids is 4. The van der Waals surface area contributed by atoms with Crippen LogP contribution >= 0.6 is 0 Å². The van der Waals surface area contributed by atoms with E-state index in [1.807, 2.05) is 24.3 Å². The third kappa shape index (κ3) is 3.40. The molecule has 0 saturated heterocycles. The Bertz CT molecular complexity index is 981. The summed E-state index contributed by atoms with van der Waals surface area (Å²) in [5.74, 6) is -1.52. The minimum absolute atomic E-state index is 0.0263. The molecule has 0 fully saturated rings. The highest BCUT2D eigenvalue weighted by Gasteiger charge is 2.36. The normalized spacial score (nSPS) is 17.8. The van der Waals surface area contributed by atoms with Crippen molar-refractivity contribution < 1.29 is 23.9 Å². The van der Waals surface area contributed by atoms with Gasteiger partial charge in [0.1, 0.15) is 12.6 Å². The number of carbonyl (C=O) groups is 4. The summed E-state index contributed by atoms with van der Waals surface area (Å²) in [6.45, 7) is 1.63. The van der Waals surface area contributed by atoms with Crippen LogP contribution in [0.1, 0.15) is 38.8 Å². The molecule has 0 radical (unpaired) electrons. The number of amides is 3. The number of hydrogen-bond donors (Lipinski definition) is 0. The molecule has 2 aliphatic heterocycles. The average molecular weight is 392 g/mol. The maximum Gasteiger partial charge on any atom is 0.329 e. The SMILES string of the molecule is CC(=O)N1Cc2ccccc2CC1C(=O)OCCN1C(=O)c2ccccc2C1=O. The molecule has 3 amide bonds. The monoisotopic (exact) mass is 392 g/mol. The van der Waals surface area contributed by atoms with Gasteiger partial charge in [-0.1, -0.05) is 36.4 Å². The van der Waals surface area contributed by atoms with Gasteiger partial charge in [0.25, 0.3) is 11.8 Å². The van der Waals surface area contributed by atoms with Crippen LogP contribution < -0.4 is 0 Å². The Labute approximate surface area is 167 Å². The lowest BCUT2D eigenvalue weighted by Gasteiger charge is -2.34. The zero-order valence-corrected chi connectivity index (χ0v) is 16.0. The molecular formula is C22H20N2O5. The molecule has 7 nitrogen and oxygen atoms in total. The van der Waals surface area contributed by atoms with Crippen molar-refractivity contribution >= 4 is 23.7 Å². The number of hydrogen-bond acceptors (Lipinski definition) is 5. The molecule has 2 aromatic carbocycles. The first-order chi connectivity index (χ1) is 14.0. The summed E-state index contributed by atoms with van der Waals surface area (Å²) >= 11 is 0. The van der Waals surface area contributed by atoms with E-state index >= 15 is 0 Å². The Morgan fingerprint density at radius 3 is 2.17 bits per heavy atom. The number of ether oxygens (including phenoxy) is 1. The molecule has 2 aliphatic rings. The van der Waals surface area contributed by atoms with Crippen molar-refractivity contribution in [2.45, 2.75) is 25.9 Å². The lowest BCUT2D eigenvalue weighted by atomic mass is 9.94. The summed E-state index contributed by atoms with van der Waals surface area (Å²) in [4.78, 5) is 52.0. The molecule has 2 aromatic rings. The minimum Gasteiger partial charge on any atom is -0.462 e. The van der Waals surface area contributed by atoms with E-state index in [-0.39, 0.29) is 19.1 Å². The van der Waals surface area contributed by atoms with Crippen LogP contribution in [0.15, 0.2) is 48.5 Å². The van der Waals surface area contributed by atoms with Gasteiger partial charge in [-0.2, -0.15) is 0 Å². The van der Waals surface area contributed by atoms with Gasteiger partial charge in [-0.25, -0.2) is 4.79 Å². The summed E-state index contributed by atoms with van der Waals surface area (Å²) < 4.78 is 5.36. The first-order valence-corrected chi connectivity index (χ1v) is 9.43. The number of imide groups is 1. The topological polar surface area (TPSA) is 84.0 Å². The molecule has 0 bridgehead atoms. The molecule has 29 heavy (non-hydrogen) atoms. The van der Waals surface area contributed by atoms with Crippen LogP contribution in [0.2, 0.25) is 0 Å². The lowest BCUT2D eigenvalue weighted by molar-refractivity contribution is -0.155. The van der Waals surface area contributed by atoms with Gasteiger partial charge in [0.15, 0.2) is 0 Å². The van der Waals surface area contributed by atoms with Crippen LogP contribution in [0.5, 0.6) is 0 Å². The Morgan fingerprint density at radius 2 is 1.55 bits per heavy atom. The van der Waals surface area contributed by atoms with Crippen molar-refractivity contribution in [3.05, 3.63) is 70.8 Å². The van der Waals surface area contributed by atoms with Crippen LogP contribution in [0.25, 0.3) is 0 Å². The van der Waals surface area contributed by atoms with E-state index < -0.39 is 23.8 Å². The Hall–Kier alpha value is -3.48. The van der Waals surface area contributed by atoms with E-state index in [0.29, 0.717) is 24.1 Å². The van der Waals surface area contributed by atoms with Crippen LogP contribution in [0.3, 0.4) is 0 Å². The van der Waals surface area contributed by atoms with E-state index in [0.717, 1.165) is 16.0 Å². The van der Waals surface area contributed by atoms with Gasteiger partial charge in [-0.15, -0.1) is 0 Å². The zero-order chi connectivity index (χ0) is 20.5. The molecule has 148 valence electrons. The maximum atomic E-state index is 12.7. The Kier molecular flexibility index (Phi) is 4.88. The highest BCUT2D eigenvalue weighted by Crippen LogP contribution is 2.25. The van der Waals surface area contributed by atoms with Gasteiger partial charge in [0.2, 0.25) is 5.91 Å². The number of fused-ring (bicyclic) bond motifs is 2. The lowest BCUT2D eigenvalue weighted by Crippen LogP contribution is -2.49. The van der Waals surface area contributed by atoms with E-state index in [1.165, 1.54) is 11.8 Å². The smallest absolute Gasteiger partial charge is 0.329 e. The number of esters is 1. The second-order valence-electron chi connectivity index (χ2n) is 7.11. The fourth-order valence-corrected chi connectivity index (χ4v) is 3.84. The summed E-state index contributed by atoms with van der Waals surface area (Å²) in [6.07, 6.45) is 0.377. The largest absolute Gasteiger partial charge is 0.462 e. The predicted molar refractivity (Wildman–Crippen MR) is 103 cm³/mol. The molecule has 2 heterocycles.